The average Bonchev–Trinajstić information content (AvgIpc) is 3.13. The minimum atomic E-state index is 0.779. The van der Waals surface area contributed by atoms with Crippen molar-refractivity contribution in [3.8, 4) is 0 Å². The van der Waals surface area contributed by atoms with E-state index in [0.29, 0.717) is 0 Å². The number of piperidine rings is 2. The second-order valence-electron chi connectivity index (χ2n) is 12.5. The van der Waals surface area contributed by atoms with Gasteiger partial charge in [0.15, 0.2) is 0 Å². The number of alkyl halides is 1. The van der Waals surface area contributed by atoms with Gasteiger partial charge in [-0.15, -0.1) is 0 Å². The third kappa shape index (κ3) is 14.1. The van der Waals surface area contributed by atoms with E-state index in [9.17, 15) is 0 Å². The molecule has 3 heteroatoms. The van der Waals surface area contributed by atoms with Crippen molar-refractivity contribution in [3.05, 3.63) is 144 Å². The highest BCUT2D eigenvalue weighted by Gasteiger charge is 2.19. The van der Waals surface area contributed by atoms with Crippen LogP contribution in [0, 0.1) is 0 Å². The molecule has 1 N–H and O–H groups in total. The fraction of sp³-hybridized carbons (Fsp3) is 0.429. The molecule has 0 aromatic heterocycles. The summed E-state index contributed by atoms with van der Waals surface area (Å²) >= 11 is 3.42. The molecule has 0 spiro atoms. The lowest BCUT2D eigenvalue weighted by atomic mass is 9.89. The second-order valence-corrected chi connectivity index (χ2v) is 13.3. The van der Waals surface area contributed by atoms with Crippen LogP contribution in [0.3, 0.4) is 0 Å². The number of benzene rings is 4. The van der Waals surface area contributed by atoms with E-state index in [1.165, 1.54) is 119 Å². The predicted molar refractivity (Wildman–Crippen MR) is 199 cm³/mol. The number of unbranched alkanes of at least 4 members (excludes halogenated alkanes) is 2. The molecule has 0 saturated carbocycles. The minimum Gasteiger partial charge on any atom is -0.317 e. The van der Waals surface area contributed by atoms with Gasteiger partial charge >= 0.3 is 0 Å². The number of nitrogens with zero attached hydrogens (tertiary/aromatic N) is 1. The van der Waals surface area contributed by atoms with E-state index in [2.05, 4.69) is 147 Å². The molecule has 2 fully saturated rings. The quantitative estimate of drug-likeness (QED) is 0.127. The molecule has 2 heterocycles. The normalized spacial score (nSPS) is 15.8. The topological polar surface area (TPSA) is 15.3 Å². The van der Waals surface area contributed by atoms with Gasteiger partial charge < -0.3 is 10.2 Å². The zero-order valence-corrected chi connectivity index (χ0v) is 28.9. The number of hydrogen-bond acceptors (Lipinski definition) is 2. The second kappa shape index (κ2) is 21.9. The van der Waals surface area contributed by atoms with Crippen LogP contribution in [0.5, 0.6) is 0 Å². The Bertz CT molecular complexity index is 1240. The van der Waals surface area contributed by atoms with Gasteiger partial charge in [-0.2, -0.15) is 0 Å². The molecule has 2 aliphatic heterocycles. The summed E-state index contributed by atoms with van der Waals surface area (Å²) in [6.45, 7) is 6.17. The van der Waals surface area contributed by atoms with Crippen molar-refractivity contribution in [1.29, 1.82) is 0 Å². The Balaban J connectivity index is 0.000000169. The molecule has 45 heavy (non-hydrogen) atoms. The van der Waals surface area contributed by atoms with Crippen molar-refractivity contribution < 1.29 is 0 Å². The maximum atomic E-state index is 3.42. The Hall–Kier alpha value is -2.72. The van der Waals surface area contributed by atoms with Gasteiger partial charge in [-0.3, -0.25) is 0 Å². The van der Waals surface area contributed by atoms with Gasteiger partial charge in [0.2, 0.25) is 0 Å². The van der Waals surface area contributed by atoms with Gasteiger partial charge in [0, 0.05) is 5.33 Å². The molecule has 0 unspecified atom stereocenters. The summed E-state index contributed by atoms with van der Waals surface area (Å²) in [5.74, 6) is 1.58. The summed E-state index contributed by atoms with van der Waals surface area (Å²) in [4.78, 5) is 2.66. The van der Waals surface area contributed by atoms with Gasteiger partial charge in [-0.25, -0.2) is 0 Å². The Kier molecular flexibility index (Phi) is 17.1. The molecule has 240 valence electrons. The van der Waals surface area contributed by atoms with Crippen molar-refractivity contribution in [2.75, 3.05) is 38.1 Å². The molecular formula is C42H55BrN2. The molecule has 0 aliphatic carbocycles. The van der Waals surface area contributed by atoms with Crippen LogP contribution in [0.1, 0.15) is 85.5 Å². The Labute approximate surface area is 282 Å². The molecule has 4 aromatic rings. The van der Waals surface area contributed by atoms with Crippen molar-refractivity contribution in [2.24, 2.45) is 0 Å². The van der Waals surface area contributed by atoms with Gasteiger partial charge in [0.25, 0.3) is 0 Å². The molecule has 2 aliphatic rings. The van der Waals surface area contributed by atoms with Crippen LogP contribution in [0.25, 0.3) is 0 Å². The van der Waals surface area contributed by atoms with E-state index in [1.807, 2.05) is 0 Å². The molecule has 2 nitrogen and oxygen atoms in total. The summed E-state index contributed by atoms with van der Waals surface area (Å²) in [6.07, 6.45) is 12.9. The van der Waals surface area contributed by atoms with E-state index in [1.54, 1.807) is 0 Å². The van der Waals surface area contributed by atoms with Crippen molar-refractivity contribution >= 4 is 15.9 Å². The van der Waals surface area contributed by atoms with Gasteiger partial charge in [0.1, 0.15) is 0 Å². The van der Waals surface area contributed by atoms with Gasteiger partial charge in [0.05, 0.1) is 0 Å². The van der Waals surface area contributed by atoms with E-state index in [4.69, 9.17) is 0 Å². The highest BCUT2D eigenvalue weighted by Crippen LogP contribution is 2.28. The lowest BCUT2D eigenvalue weighted by Crippen LogP contribution is -2.33. The van der Waals surface area contributed by atoms with Crippen LogP contribution in [0.2, 0.25) is 0 Å². The third-order valence-electron chi connectivity index (χ3n) is 9.19. The smallest absolute Gasteiger partial charge is 0.00314 e. The highest BCUT2D eigenvalue weighted by molar-refractivity contribution is 9.09. The third-order valence-corrected chi connectivity index (χ3v) is 9.75. The fourth-order valence-electron chi connectivity index (χ4n) is 6.47. The molecular weight excluding hydrogens is 612 g/mol. The summed E-state index contributed by atoms with van der Waals surface area (Å²) in [6, 6.07) is 43.4. The van der Waals surface area contributed by atoms with Crippen LogP contribution in [-0.2, 0) is 12.8 Å². The largest absolute Gasteiger partial charge is 0.317 e. The summed E-state index contributed by atoms with van der Waals surface area (Å²) < 4.78 is 0. The van der Waals surface area contributed by atoms with Crippen LogP contribution >= 0.6 is 15.9 Å². The first-order chi connectivity index (χ1) is 22.3. The van der Waals surface area contributed by atoms with E-state index in [0.717, 1.165) is 17.2 Å². The molecule has 0 amide bonds. The minimum absolute atomic E-state index is 0.779. The van der Waals surface area contributed by atoms with Crippen molar-refractivity contribution in [3.63, 3.8) is 0 Å². The van der Waals surface area contributed by atoms with E-state index >= 15 is 0 Å². The number of aryl methyl sites for hydroxylation is 2. The lowest BCUT2D eigenvalue weighted by molar-refractivity contribution is 0.209. The first-order valence-corrected chi connectivity index (χ1v) is 18.6. The van der Waals surface area contributed by atoms with Crippen LogP contribution in [0.4, 0.5) is 0 Å². The van der Waals surface area contributed by atoms with Crippen molar-refractivity contribution in [2.45, 2.75) is 76.0 Å². The Morgan fingerprint density at radius 3 is 1.40 bits per heavy atom. The predicted octanol–water partition coefficient (Wildman–Crippen LogP) is 10.4. The fourth-order valence-corrected chi connectivity index (χ4v) is 6.87. The van der Waals surface area contributed by atoms with Gasteiger partial charge in [-0.1, -0.05) is 137 Å². The zero-order chi connectivity index (χ0) is 31.2. The van der Waals surface area contributed by atoms with Crippen LogP contribution in [0.15, 0.2) is 121 Å². The molecule has 0 radical (unpaired) electrons. The maximum absolute atomic E-state index is 3.42. The number of halogens is 1. The van der Waals surface area contributed by atoms with Crippen LogP contribution in [-0.4, -0.2) is 43.0 Å². The standard InChI is InChI=1S/C21H27N.C11H15N.C10H13Br/c1-3-9-19(10-4-1)11-7-8-16-22-17-14-21(15-18-22)20-12-5-2-6-13-20;1-2-4-10(5-3-1)11-6-8-12-9-7-11;11-9-5-4-8-10-6-2-1-3-7-10/h1-6,9-10,12-13,21H,7-8,11,14-18H2;1-5,11-12H,6-9H2;1-3,6-7H,4-5,8-9H2. The molecule has 0 atom stereocenters. The van der Waals surface area contributed by atoms with E-state index in [-0.39, 0.29) is 0 Å². The maximum Gasteiger partial charge on any atom is 0.00314 e. The van der Waals surface area contributed by atoms with Crippen molar-refractivity contribution in [1.82, 2.24) is 10.2 Å². The number of hydrogen-bond donors (Lipinski definition) is 1. The average molecular weight is 668 g/mol. The number of likely N-dealkylation sites (tertiary alicyclic amines) is 1. The Morgan fingerprint density at radius 1 is 0.511 bits per heavy atom. The lowest BCUT2D eigenvalue weighted by Gasteiger charge is -2.32. The first-order valence-electron chi connectivity index (χ1n) is 17.5. The highest BCUT2D eigenvalue weighted by atomic mass is 79.9. The number of rotatable bonds is 11. The molecule has 2 saturated heterocycles. The monoisotopic (exact) mass is 666 g/mol. The Morgan fingerprint density at radius 2 is 0.933 bits per heavy atom. The molecule has 6 rings (SSSR count). The van der Waals surface area contributed by atoms with Crippen LogP contribution < -0.4 is 5.32 Å². The van der Waals surface area contributed by atoms with E-state index < -0.39 is 0 Å². The summed E-state index contributed by atoms with van der Waals surface area (Å²) in [5.41, 5.74) is 5.98. The summed E-state index contributed by atoms with van der Waals surface area (Å²) in [7, 11) is 0. The molecule has 0 bridgehead atoms. The SMILES string of the molecule is BrCCCCc1ccccc1.c1ccc(C2CCNCC2)cc1.c1ccc(CCCCN2CCC(c3ccccc3)CC2)cc1. The molecule has 4 aromatic carbocycles. The number of nitrogens with one attached hydrogen (secondary N) is 1. The summed E-state index contributed by atoms with van der Waals surface area (Å²) in [5, 5.41) is 4.51. The first kappa shape index (κ1) is 35.1. The zero-order valence-electron chi connectivity index (χ0n) is 27.3. The van der Waals surface area contributed by atoms with Gasteiger partial charge in [-0.05, 0) is 131 Å².